The molecule has 0 saturated carbocycles. The zero-order chi connectivity index (χ0) is 13.1. The van der Waals surface area contributed by atoms with Gasteiger partial charge in [0.1, 0.15) is 5.75 Å². The van der Waals surface area contributed by atoms with Gasteiger partial charge in [0, 0.05) is 4.47 Å². The molecule has 1 heterocycles. The third-order valence-corrected chi connectivity index (χ3v) is 2.69. The van der Waals surface area contributed by atoms with Crippen LogP contribution in [0.2, 0.25) is 0 Å². The first-order chi connectivity index (χ1) is 8.56. The van der Waals surface area contributed by atoms with Crippen molar-refractivity contribution in [1.29, 1.82) is 0 Å². The number of nitrogens with zero attached hydrogens (tertiary/aromatic N) is 2. The van der Waals surface area contributed by atoms with Gasteiger partial charge in [-0.2, -0.15) is 0 Å². The van der Waals surface area contributed by atoms with Crippen LogP contribution in [0.1, 0.15) is 16.1 Å². The highest BCUT2D eigenvalue weighted by Gasteiger charge is 2.07. The Morgan fingerprint density at radius 2 is 2.11 bits per heavy atom. The molecule has 92 valence electrons. The van der Waals surface area contributed by atoms with E-state index in [4.69, 9.17) is 9.84 Å². The minimum Gasteiger partial charge on any atom is -0.476 e. The zero-order valence-corrected chi connectivity index (χ0v) is 11.0. The third-order valence-electron chi connectivity index (χ3n) is 2.20. The van der Waals surface area contributed by atoms with Crippen molar-refractivity contribution in [2.75, 3.05) is 0 Å². The molecule has 0 aliphatic rings. The molecule has 0 aliphatic carbocycles. The minimum atomic E-state index is -1.12. The van der Waals surface area contributed by atoms with Crippen LogP contribution < -0.4 is 4.74 Å². The van der Waals surface area contributed by atoms with Crippen molar-refractivity contribution in [3.05, 3.63) is 46.3 Å². The van der Waals surface area contributed by atoms with Gasteiger partial charge in [-0.3, -0.25) is 0 Å². The summed E-state index contributed by atoms with van der Waals surface area (Å²) in [4.78, 5) is 18.2. The standard InChI is InChI=1S/C12H9BrN2O3/c1-7-4-8(13)2-3-10(7)18-11-6-14-9(5-15-11)12(16)17/h2-6H,1H3,(H,16,17). The van der Waals surface area contributed by atoms with Gasteiger partial charge in [0.2, 0.25) is 5.88 Å². The normalized spacial score (nSPS) is 10.1. The van der Waals surface area contributed by atoms with Gasteiger partial charge < -0.3 is 9.84 Å². The number of rotatable bonds is 3. The van der Waals surface area contributed by atoms with E-state index in [9.17, 15) is 4.79 Å². The lowest BCUT2D eigenvalue weighted by atomic mass is 10.2. The van der Waals surface area contributed by atoms with E-state index in [1.807, 2.05) is 19.1 Å². The molecule has 0 fully saturated rings. The molecule has 0 unspecified atom stereocenters. The molecule has 0 radical (unpaired) electrons. The fourth-order valence-electron chi connectivity index (χ4n) is 1.32. The van der Waals surface area contributed by atoms with Crippen molar-refractivity contribution in [2.24, 2.45) is 0 Å². The molecule has 5 nitrogen and oxygen atoms in total. The second-order valence-corrected chi connectivity index (χ2v) is 4.47. The van der Waals surface area contributed by atoms with Crippen molar-refractivity contribution in [2.45, 2.75) is 6.92 Å². The number of aromatic carboxylic acids is 1. The Hall–Kier alpha value is -1.95. The maximum absolute atomic E-state index is 10.6. The smallest absolute Gasteiger partial charge is 0.356 e. The summed E-state index contributed by atoms with van der Waals surface area (Å²) in [5, 5.41) is 8.69. The van der Waals surface area contributed by atoms with Crippen LogP contribution in [0.25, 0.3) is 0 Å². The fraction of sp³-hybridized carbons (Fsp3) is 0.0833. The number of hydrogen-bond donors (Lipinski definition) is 1. The lowest BCUT2D eigenvalue weighted by Gasteiger charge is -2.07. The number of hydrogen-bond acceptors (Lipinski definition) is 4. The summed E-state index contributed by atoms with van der Waals surface area (Å²) in [6, 6.07) is 5.56. The average molecular weight is 309 g/mol. The number of carboxylic acids is 1. The first kappa shape index (κ1) is 12.5. The maximum atomic E-state index is 10.6. The summed E-state index contributed by atoms with van der Waals surface area (Å²) in [7, 11) is 0. The number of aryl methyl sites for hydroxylation is 1. The van der Waals surface area contributed by atoms with E-state index in [-0.39, 0.29) is 11.6 Å². The van der Waals surface area contributed by atoms with Crippen molar-refractivity contribution in [3.63, 3.8) is 0 Å². The first-order valence-corrected chi connectivity index (χ1v) is 5.85. The molecule has 0 spiro atoms. The molecule has 0 atom stereocenters. The van der Waals surface area contributed by atoms with E-state index in [0.29, 0.717) is 5.75 Å². The molecule has 2 rings (SSSR count). The van der Waals surface area contributed by atoms with Crippen LogP contribution in [-0.2, 0) is 0 Å². The molecule has 2 aromatic rings. The van der Waals surface area contributed by atoms with E-state index < -0.39 is 5.97 Å². The van der Waals surface area contributed by atoms with Gasteiger partial charge in [-0.05, 0) is 30.7 Å². The van der Waals surface area contributed by atoms with E-state index in [1.54, 1.807) is 6.07 Å². The summed E-state index contributed by atoms with van der Waals surface area (Å²) < 4.78 is 6.47. The molecule has 18 heavy (non-hydrogen) atoms. The molecular weight excluding hydrogens is 300 g/mol. The van der Waals surface area contributed by atoms with Crippen LogP contribution in [0.5, 0.6) is 11.6 Å². The van der Waals surface area contributed by atoms with Crippen LogP contribution in [0, 0.1) is 6.92 Å². The second kappa shape index (κ2) is 5.14. The Morgan fingerprint density at radius 1 is 1.33 bits per heavy atom. The van der Waals surface area contributed by atoms with Gasteiger partial charge in [-0.15, -0.1) is 0 Å². The van der Waals surface area contributed by atoms with Gasteiger partial charge >= 0.3 is 5.97 Å². The van der Waals surface area contributed by atoms with Crippen LogP contribution in [0.3, 0.4) is 0 Å². The fourth-order valence-corrected chi connectivity index (χ4v) is 1.79. The quantitative estimate of drug-likeness (QED) is 0.943. The van der Waals surface area contributed by atoms with Gasteiger partial charge in [0.05, 0.1) is 12.4 Å². The van der Waals surface area contributed by atoms with Crippen molar-refractivity contribution in [1.82, 2.24) is 9.97 Å². The van der Waals surface area contributed by atoms with Gasteiger partial charge in [-0.1, -0.05) is 15.9 Å². The average Bonchev–Trinajstić information content (AvgIpc) is 2.33. The first-order valence-electron chi connectivity index (χ1n) is 5.05. The highest BCUT2D eigenvalue weighted by Crippen LogP contribution is 2.25. The number of carbonyl (C=O) groups is 1. The molecular formula is C12H9BrN2O3. The summed E-state index contributed by atoms with van der Waals surface area (Å²) in [6.07, 6.45) is 2.44. The van der Waals surface area contributed by atoms with E-state index in [1.165, 1.54) is 6.20 Å². The predicted octanol–water partition coefficient (Wildman–Crippen LogP) is 3.04. The topological polar surface area (TPSA) is 72.3 Å². The van der Waals surface area contributed by atoms with Crippen molar-refractivity contribution >= 4 is 21.9 Å². The summed E-state index contributed by atoms with van der Waals surface area (Å²) in [5.41, 5.74) is 0.823. The Kier molecular flexibility index (Phi) is 3.57. The lowest BCUT2D eigenvalue weighted by Crippen LogP contribution is -2.01. The summed E-state index contributed by atoms with van der Waals surface area (Å²) in [5.74, 6) is -0.213. The Morgan fingerprint density at radius 3 is 2.67 bits per heavy atom. The van der Waals surface area contributed by atoms with Gasteiger partial charge in [0.15, 0.2) is 5.69 Å². The summed E-state index contributed by atoms with van der Waals surface area (Å²) >= 11 is 3.36. The molecule has 0 amide bonds. The molecule has 0 bridgehead atoms. The number of carboxylic acid groups (broad SMARTS) is 1. The molecule has 1 aromatic carbocycles. The predicted molar refractivity (Wildman–Crippen MR) is 67.9 cm³/mol. The molecule has 1 aromatic heterocycles. The second-order valence-electron chi connectivity index (χ2n) is 3.56. The Labute approximate surface area is 112 Å². The molecule has 0 aliphatic heterocycles. The van der Waals surface area contributed by atoms with Gasteiger partial charge in [0.25, 0.3) is 0 Å². The minimum absolute atomic E-state index is 0.116. The number of benzene rings is 1. The van der Waals surface area contributed by atoms with E-state index >= 15 is 0 Å². The van der Waals surface area contributed by atoms with Crippen LogP contribution in [0.15, 0.2) is 35.1 Å². The lowest BCUT2D eigenvalue weighted by molar-refractivity contribution is 0.0690. The SMILES string of the molecule is Cc1cc(Br)ccc1Oc1cnc(C(=O)O)cn1. The van der Waals surface area contributed by atoms with E-state index in [0.717, 1.165) is 16.2 Å². The van der Waals surface area contributed by atoms with Gasteiger partial charge in [-0.25, -0.2) is 14.8 Å². The highest BCUT2D eigenvalue weighted by atomic mass is 79.9. The zero-order valence-electron chi connectivity index (χ0n) is 9.42. The highest BCUT2D eigenvalue weighted by molar-refractivity contribution is 9.10. The van der Waals surface area contributed by atoms with Crippen LogP contribution in [0.4, 0.5) is 0 Å². The number of aromatic nitrogens is 2. The van der Waals surface area contributed by atoms with E-state index in [2.05, 4.69) is 25.9 Å². The Balaban J connectivity index is 2.21. The Bertz CT molecular complexity index is 584. The monoisotopic (exact) mass is 308 g/mol. The maximum Gasteiger partial charge on any atom is 0.356 e. The van der Waals surface area contributed by atoms with Crippen molar-refractivity contribution in [3.8, 4) is 11.6 Å². The number of ether oxygens (including phenoxy) is 1. The third kappa shape index (κ3) is 2.84. The summed E-state index contributed by atoms with van der Waals surface area (Å²) in [6.45, 7) is 1.90. The molecule has 0 saturated heterocycles. The molecule has 6 heteroatoms. The molecule has 1 N–H and O–H groups in total. The number of halogens is 1. The van der Waals surface area contributed by atoms with Crippen LogP contribution in [-0.4, -0.2) is 21.0 Å². The van der Waals surface area contributed by atoms with Crippen molar-refractivity contribution < 1.29 is 14.6 Å². The largest absolute Gasteiger partial charge is 0.476 e. The van der Waals surface area contributed by atoms with Crippen LogP contribution >= 0.6 is 15.9 Å².